The second kappa shape index (κ2) is 5.41. The fraction of sp³-hybridized carbons (Fsp3) is 0.571. The number of hydrogen-bond donors (Lipinski definition) is 1. The Morgan fingerprint density at radius 2 is 1.89 bits per heavy atom. The van der Waals surface area contributed by atoms with Crippen molar-refractivity contribution in [2.45, 2.75) is 32.0 Å². The Kier molecular flexibility index (Phi) is 4.04. The molecule has 1 aliphatic rings. The molecule has 1 aromatic rings. The summed E-state index contributed by atoms with van der Waals surface area (Å²) in [6, 6.07) is 5.59. The normalized spacial score (nSPS) is 24.6. The van der Waals surface area contributed by atoms with Crippen LogP contribution in [0.3, 0.4) is 0 Å². The van der Waals surface area contributed by atoms with Crippen LogP contribution in [-0.4, -0.2) is 19.1 Å². The molecular weight excluding hydrogens is 253 g/mol. The lowest BCUT2D eigenvalue weighted by molar-refractivity contribution is -0.137. The molecule has 2 N–H and O–H groups in total. The van der Waals surface area contributed by atoms with E-state index in [2.05, 4.69) is 11.8 Å². The van der Waals surface area contributed by atoms with E-state index in [0.29, 0.717) is 5.92 Å². The highest BCUT2D eigenvalue weighted by Gasteiger charge is 2.31. The second-order valence-electron chi connectivity index (χ2n) is 5.11. The van der Waals surface area contributed by atoms with Gasteiger partial charge in [-0.3, -0.25) is 0 Å². The third-order valence-electron chi connectivity index (χ3n) is 3.88. The molecule has 0 bridgehead atoms. The first-order valence-corrected chi connectivity index (χ1v) is 6.59. The van der Waals surface area contributed by atoms with Gasteiger partial charge in [-0.1, -0.05) is 13.3 Å². The first-order valence-electron chi connectivity index (χ1n) is 6.59. The Labute approximate surface area is 111 Å². The molecule has 19 heavy (non-hydrogen) atoms. The fourth-order valence-electron chi connectivity index (χ4n) is 2.58. The number of halogens is 3. The van der Waals surface area contributed by atoms with Crippen molar-refractivity contribution in [2.75, 3.05) is 18.0 Å². The Balaban J connectivity index is 2.10. The zero-order valence-electron chi connectivity index (χ0n) is 11.0. The molecule has 2 unspecified atom stereocenters. The Hall–Kier alpha value is -1.23. The Bertz CT molecular complexity index is 414. The molecule has 0 spiro atoms. The van der Waals surface area contributed by atoms with E-state index >= 15 is 0 Å². The lowest BCUT2D eigenvalue weighted by Gasteiger charge is -2.38. The number of nitrogens with two attached hydrogens (primary N) is 1. The molecule has 0 aromatic heterocycles. The van der Waals surface area contributed by atoms with Crippen molar-refractivity contribution < 1.29 is 13.2 Å². The summed E-state index contributed by atoms with van der Waals surface area (Å²) in [6.45, 7) is 3.73. The molecule has 2 nitrogen and oxygen atoms in total. The minimum absolute atomic E-state index is 0.204. The minimum atomic E-state index is -4.27. The van der Waals surface area contributed by atoms with Gasteiger partial charge in [-0.05, 0) is 36.6 Å². The average Bonchev–Trinajstić information content (AvgIpc) is 2.38. The summed E-state index contributed by atoms with van der Waals surface area (Å²) in [5.74, 6) is 0.413. The molecule has 0 aliphatic carbocycles. The molecule has 1 fully saturated rings. The largest absolute Gasteiger partial charge is 0.416 e. The van der Waals surface area contributed by atoms with Crippen LogP contribution in [0.4, 0.5) is 18.9 Å². The number of benzene rings is 1. The zero-order valence-corrected chi connectivity index (χ0v) is 11.0. The molecule has 1 aromatic carbocycles. The van der Waals surface area contributed by atoms with E-state index in [0.717, 1.165) is 43.8 Å². The summed E-state index contributed by atoms with van der Waals surface area (Å²) in [4.78, 5) is 2.12. The van der Waals surface area contributed by atoms with Gasteiger partial charge in [-0.2, -0.15) is 13.2 Å². The van der Waals surface area contributed by atoms with Crippen LogP contribution in [-0.2, 0) is 6.18 Å². The SMILES string of the molecule is CCC1CN(c2ccc(C(F)(F)F)cc2)CCC1N. The summed E-state index contributed by atoms with van der Waals surface area (Å²) in [7, 11) is 0. The van der Waals surface area contributed by atoms with Gasteiger partial charge in [0.2, 0.25) is 0 Å². The van der Waals surface area contributed by atoms with Gasteiger partial charge in [0.1, 0.15) is 0 Å². The smallest absolute Gasteiger partial charge is 0.371 e. The molecule has 2 atom stereocenters. The summed E-state index contributed by atoms with van der Waals surface area (Å²) < 4.78 is 37.5. The van der Waals surface area contributed by atoms with Crippen molar-refractivity contribution >= 4 is 5.69 Å². The quantitative estimate of drug-likeness (QED) is 0.895. The maximum absolute atomic E-state index is 12.5. The minimum Gasteiger partial charge on any atom is -0.371 e. The highest BCUT2D eigenvalue weighted by Crippen LogP contribution is 2.31. The standard InChI is InChI=1S/C14H19F3N2/c1-2-10-9-19(8-7-13(10)18)12-5-3-11(4-6-12)14(15,16)17/h3-6,10,13H,2,7-9,18H2,1H3. The summed E-state index contributed by atoms with van der Waals surface area (Å²) in [6.07, 6.45) is -2.38. The predicted octanol–water partition coefficient (Wildman–Crippen LogP) is 3.27. The summed E-state index contributed by atoms with van der Waals surface area (Å²) >= 11 is 0. The summed E-state index contributed by atoms with van der Waals surface area (Å²) in [5.41, 5.74) is 6.28. The zero-order chi connectivity index (χ0) is 14.0. The van der Waals surface area contributed by atoms with Crippen LogP contribution >= 0.6 is 0 Å². The third-order valence-corrected chi connectivity index (χ3v) is 3.88. The molecule has 106 valence electrons. The Morgan fingerprint density at radius 3 is 2.42 bits per heavy atom. The molecule has 5 heteroatoms. The van der Waals surface area contributed by atoms with Gasteiger partial charge < -0.3 is 10.6 Å². The molecule has 1 aliphatic heterocycles. The maximum Gasteiger partial charge on any atom is 0.416 e. The average molecular weight is 272 g/mol. The fourth-order valence-corrected chi connectivity index (χ4v) is 2.58. The van der Waals surface area contributed by atoms with Gasteiger partial charge in [0.25, 0.3) is 0 Å². The van der Waals surface area contributed by atoms with Gasteiger partial charge in [0.15, 0.2) is 0 Å². The first-order chi connectivity index (χ1) is 8.91. The van der Waals surface area contributed by atoms with E-state index in [1.54, 1.807) is 12.1 Å². The Morgan fingerprint density at radius 1 is 1.26 bits per heavy atom. The monoisotopic (exact) mass is 272 g/mol. The highest BCUT2D eigenvalue weighted by atomic mass is 19.4. The molecule has 0 radical (unpaired) electrons. The van der Waals surface area contributed by atoms with E-state index in [9.17, 15) is 13.2 Å². The molecule has 1 heterocycles. The van der Waals surface area contributed by atoms with E-state index in [1.165, 1.54) is 0 Å². The van der Waals surface area contributed by atoms with Crippen LogP contribution in [0, 0.1) is 5.92 Å². The topological polar surface area (TPSA) is 29.3 Å². The number of piperidine rings is 1. The van der Waals surface area contributed by atoms with Gasteiger partial charge >= 0.3 is 6.18 Å². The van der Waals surface area contributed by atoms with Gasteiger partial charge in [0.05, 0.1) is 5.56 Å². The molecule has 0 saturated carbocycles. The highest BCUT2D eigenvalue weighted by molar-refractivity contribution is 5.48. The van der Waals surface area contributed by atoms with Crippen LogP contribution in [0.5, 0.6) is 0 Å². The van der Waals surface area contributed by atoms with Crippen molar-refractivity contribution in [1.29, 1.82) is 0 Å². The van der Waals surface area contributed by atoms with E-state index in [1.807, 2.05) is 0 Å². The molecule has 1 saturated heterocycles. The predicted molar refractivity (Wildman–Crippen MR) is 70.0 cm³/mol. The molecule has 2 rings (SSSR count). The van der Waals surface area contributed by atoms with Crippen molar-refractivity contribution in [3.8, 4) is 0 Å². The molecular formula is C14H19F3N2. The van der Waals surface area contributed by atoms with Crippen LogP contribution in [0.2, 0.25) is 0 Å². The van der Waals surface area contributed by atoms with Crippen LogP contribution in [0.25, 0.3) is 0 Å². The number of anilines is 1. The maximum atomic E-state index is 12.5. The van der Waals surface area contributed by atoms with E-state index in [-0.39, 0.29) is 6.04 Å². The van der Waals surface area contributed by atoms with E-state index in [4.69, 9.17) is 5.73 Å². The van der Waals surface area contributed by atoms with Crippen LogP contribution < -0.4 is 10.6 Å². The second-order valence-corrected chi connectivity index (χ2v) is 5.11. The lowest BCUT2D eigenvalue weighted by atomic mass is 9.90. The third kappa shape index (κ3) is 3.21. The lowest BCUT2D eigenvalue weighted by Crippen LogP contribution is -2.46. The number of hydrogen-bond acceptors (Lipinski definition) is 2. The summed E-state index contributed by atoms with van der Waals surface area (Å²) in [5, 5.41) is 0. The van der Waals surface area contributed by atoms with Crippen molar-refractivity contribution in [1.82, 2.24) is 0 Å². The first kappa shape index (κ1) is 14.2. The van der Waals surface area contributed by atoms with Crippen LogP contribution in [0.15, 0.2) is 24.3 Å². The van der Waals surface area contributed by atoms with Crippen molar-refractivity contribution in [3.63, 3.8) is 0 Å². The van der Waals surface area contributed by atoms with E-state index < -0.39 is 11.7 Å². The molecule has 0 amide bonds. The van der Waals surface area contributed by atoms with Gasteiger partial charge in [-0.25, -0.2) is 0 Å². The number of alkyl halides is 3. The number of nitrogens with zero attached hydrogens (tertiary/aromatic N) is 1. The van der Waals surface area contributed by atoms with Crippen molar-refractivity contribution in [2.24, 2.45) is 11.7 Å². The number of rotatable bonds is 2. The van der Waals surface area contributed by atoms with Gasteiger partial charge in [-0.15, -0.1) is 0 Å². The van der Waals surface area contributed by atoms with Crippen LogP contribution in [0.1, 0.15) is 25.3 Å². The van der Waals surface area contributed by atoms with Crippen molar-refractivity contribution in [3.05, 3.63) is 29.8 Å². The van der Waals surface area contributed by atoms with Gasteiger partial charge in [0, 0.05) is 24.8 Å².